The van der Waals surface area contributed by atoms with Gasteiger partial charge >= 0.3 is 0 Å². The summed E-state index contributed by atoms with van der Waals surface area (Å²) in [6, 6.07) is 1.85. The molecule has 0 aliphatic rings. The van der Waals surface area contributed by atoms with Gasteiger partial charge in [-0.1, -0.05) is 20.8 Å². The lowest BCUT2D eigenvalue weighted by Gasteiger charge is -2.20. The summed E-state index contributed by atoms with van der Waals surface area (Å²) in [5.74, 6) is 0.190. The molecule has 0 saturated heterocycles. The van der Waals surface area contributed by atoms with Gasteiger partial charge in [0.05, 0.1) is 0 Å². The average Bonchev–Trinajstić information content (AvgIpc) is 2.80. The monoisotopic (exact) mass is 274 g/mol. The van der Waals surface area contributed by atoms with E-state index in [9.17, 15) is 8.42 Å². The summed E-state index contributed by atoms with van der Waals surface area (Å²) in [6.45, 7) is 7.74. The van der Waals surface area contributed by atoms with Crippen molar-refractivity contribution < 1.29 is 8.42 Å². The second-order valence-electron chi connectivity index (χ2n) is 4.27. The maximum Gasteiger partial charge on any atom is 0.279 e. The molecule has 0 fully saturated rings. The standard InChI is InChI=1S/C11H22N4O2S/c1-4-15(5-2)18(16,17)13-9-11(3)10-14-8-6-7-12-14/h6-8,11,13H,4-5,9-10H2,1-3H3. The molecule has 0 amide bonds. The zero-order valence-electron chi connectivity index (χ0n) is 11.2. The molecule has 1 aromatic heterocycles. The smallest absolute Gasteiger partial charge is 0.272 e. The molecule has 6 nitrogen and oxygen atoms in total. The minimum Gasteiger partial charge on any atom is -0.272 e. The van der Waals surface area contributed by atoms with Gasteiger partial charge in [0.2, 0.25) is 0 Å². The van der Waals surface area contributed by atoms with Gasteiger partial charge in [0.15, 0.2) is 0 Å². The van der Waals surface area contributed by atoms with E-state index in [0.717, 1.165) is 0 Å². The average molecular weight is 274 g/mol. The molecule has 1 atom stereocenters. The number of aromatic nitrogens is 2. The summed E-state index contributed by atoms with van der Waals surface area (Å²) >= 11 is 0. The van der Waals surface area contributed by atoms with Gasteiger partial charge in [-0.05, 0) is 12.0 Å². The number of hydrogen-bond acceptors (Lipinski definition) is 3. The normalized spacial score (nSPS) is 14.0. The van der Waals surface area contributed by atoms with Crippen LogP contribution in [0.5, 0.6) is 0 Å². The van der Waals surface area contributed by atoms with Crippen molar-refractivity contribution in [3.63, 3.8) is 0 Å². The van der Waals surface area contributed by atoms with Gasteiger partial charge < -0.3 is 0 Å². The third-order valence-electron chi connectivity index (χ3n) is 2.72. The molecule has 0 aliphatic heterocycles. The van der Waals surface area contributed by atoms with Crippen LogP contribution in [0.25, 0.3) is 0 Å². The molecule has 104 valence electrons. The zero-order valence-corrected chi connectivity index (χ0v) is 12.0. The highest BCUT2D eigenvalue weighted by molar-refractivity contribution is 7.87. The molecule has 0 aromatic carbocycles. The van der Waals surface area contributed by atoms with Crippen LogP contribution in [0.3, 0.4) is 0 Å². The topological polar surface area (TPSA) is 67.2 Å². The lowest BCUT2D eigenvalue weighted by Crippen LogP contribution is -2.42. The Hall–Kier alpha value is -0.920. The van der Waals surface area contributed by atoms with Gasteiger partial charge in [0.25, 0.3) is 10.2 Å². The van der Waals surface area contributed by atoms with E-state index in [1.165, 1.54) is 4.31 Å². The molecule has 1 heterocycles. The second kappa shape index (κ2) is 6.86. The van der Waals surface area contributed by atoms with Gasteiger partial charge in [-0.15, -0.1) is 0 Å². The molecule has 0 aliphatic carbocycles. The first-order valence-corrected chi connectivity index (χ1v) is 7.65. The number of rotatable bonds is 8. The van der Waals surface area contributed by atoms with Crippen molar-refractivity contribution in [2.75, 3.05) is 19.6 Å². The Labute approximate surface area is 109 Å². The minimum atomic E-state index is -3.34. The van der Waals surface area contributed by atoms with Crippen molar-refractivity contribution in [2.24, 2.45) is 5.92 Å². The first-order chi connectivity index (χ1) is 8.49. The Morgan fingerprint density at radius 2 is 2.06 bits per heavy atom. The number of hydrogen-bond donors (Lipinski definition) is 1. The van der Waals surface area contributed by atoms with E-state index in [1.807, 2.05) is 33.0 Å². The molecule has 7 heteroatoms. The van der Waals surface area contributed by atoms with Crippen molar-refractivity contribution in [3.05, 3.63) is 18.5 Å². The Morgan fingerprint density at radius 1 is 1.39 bits per heavy atom. The van der Waals surface area contributed by atoms with E-state index < -0.39 is 10.2 Å². The molecule has 1 rings (SSSR count). The summed E-state index contributed by atoms with van der Waals surface area (Å²) in [4.78, 5) is 0. The second-order valence-corrected chi connectivity index (χ2v) is 6.03. The number of nitrogens with one attached hydrogen (secondary N) is 1. The first kappa shape index (κ1) is 15.1. The predicted molar refractivity (Wildman–Crippen MR) is 71.2 cm³/mol. The van der Waals surface area contributed by atoms with E-state index in [4.69, 9.17) is 0 Å². The van der Waals surface area contributed by atoms with Crippen molar-refractivity contribution in [1.82, 2.24) is 18.8 Å². The minimum absolute atomic E-state index is 0.190. The van der Waals surface area contributed by atoms with Gasteiger partial charge in [-0.3, -0.25) is 4.68 Å². The predicted octanol–water partition coefficient (Wildman–Crippen LogP) is 0.695. The summed E-state index contributed by atoms with van der Waals surface area (Å²) in [5.41, 5.74) is 0. The van der Waals surface area contributed by atoms with Crippen LogP contribution >= 0.6 is 0 Å². The van der Waals surface area contributed by atoms with Crippen molar-refractivity contribution in [1.29, 1.82) is 0 Å². The highest BCUT2D eigenvalue weighted by Gasteiger charge is 2.18. The maximum absolute atomic E-state index is 11.9. The van der Waals surface area contributed by atoms with E-state index in [2.05, 4.69) is 9.82 Å². The Kier molecular flexibility index (Phi) is 5.77. The SMILES string of the molecule is CCN(CC)S(=O)(=O)NCC(C)Cn1cccn1. The third-order valence-corrected chi connectivity index (χ3v) is 4.45. The van der Waals surface area contributed by atoms with Gasteiger partial charge in [0.1, 0.15) is 0 Å². The lowest BCUT2D eigenvalue weighted by atomic mass is 10.2. The van der Waals surface area contributed by atoms with Crippen LogP contribution in [0.1, 0.15) is 20.8 Å². The van der Waals surface area contributed by atoms with Crippen LogP contribution in [0.2, 0.25) is 0 Å². The van der Waals surface area contributed by atoms with Crippen molar-refractivity contribution in [2.45, 2.75) is 27.3 Å². The first-order valence-electron chi connectivity index (χ1n) is 6.21. The summed E-state index contributed by atoms with van der Waals surface area (Å²) in [5, 5.41) is 4.10. The summed E-state index contributed by atoms with van der Waals surface area (Å²) in [7, 11) is -3.34. The zero-order chi connectivity index (χ0) is 13.6. The van der Waals surface area contributed by atoms with E-state index in [0.29, 0.717) is 26.2 Å². The van der Waals surface area contributed by atoms with Crippen LogP contribution in [0.4, 0.5) is 0 Å². The van der Waals surface area contributed by atoms with Crippen LogP contribution in [0.15, 0.2) is 18.5 Å². The molecule has 18 heavy (non-hydrogen) atoms. The van der Waals surface area contributed by atoms with Crippen LogP contribution in [0, 0.1) is 5.92 Å². The fourth-order valence-corrected chi connectivity index (χ4v) is 3.05. The van der Waals surface area contributed by atoms with Gasteiger partial charge in [-0.25, -0.2) is 4.72 Å². The third kappa shape index (κ3) is 4.40. The van der Waals surface area contributed by atoms with Crippen LogP contribution < -0.4 is 4.72 Å². The van der Waals surface area contributed by atoms with E-state index in [1.54, 1.807) is 10.9 Å². The van der Waals surface area contributed by atoms with Crippen molar-refractivity contribution >= 4 is 10.2 Å². The van der Waals surface area contributed by atoms with E-state index >= 15 is 0 Å². The van der Waals surface area contributed by atoms with Crippen LogP contribution in [-0.4, -0.2) is 42.1 Å². The molecule has 0 radical (unpaired) electrons. The Balaban J connectivity index is 2.44. The highest BCUT2D eigenvalue weighted by Crippen LogP contribution is 2.01. The Morgan fingerprint density at radius 3 is 2.56 bits per heavy atom. The fraction of sp³-hybridized carbons (Fsp3) is 0.727. The molecule has 1 unspecified atom stereocenters. The van der Waals surface area contributed by atoms with Crippen molar-refractivity contribution in [3.8, 4) is 0 Å². The molecular weight excluding hydrogens is 252 g/mol. The molecule has 0 spiro atoms. The lowest BCUT2D eigenvalue weighted by molar-refractivity contribution is 0.411. The maximum atomic E-state index is 11.9. The largest absolute Gasteiger partial charge is 0.279 e. The van der Waals surface area contributed by atoms with E-state index in [-0.39, 0.29) is 5.92 Å². The fourth-order valence-electron chi connectivity index (χ4n) is 1.69. The molecule has 1 aromatic rings. The number of nitrogens with zero attached hydrogens (tertiary/aromatic N) is 3. The molecular formula is C11H22N4O2S. The molecule has 0 bridgehead atoms. The van der Waals surface area contributed by atoms with Crippen LogP contribution in [-0.2, 0) is 16.8 Å². The molecule has 0 saturated carbocycles. The van der Waals surface area contributed by atoms with Gasteiger partial charge in [-0.2, -0.15) is 17.8 Å². The van der Waals surface area contributed by atoms with Gasteiger partial charge in [0, 0.05) is 38.6 Å². The summed E-state index contributed by atoms with van der Waals surface area (Å²) < 4.78 is 29.6. The summed E-state index contributed by atoms with van der Waals surface area (Å²) in [6.07, 6.45) is 3.59. The Bertz CT molecular complexity index is 426. The quantitative estimate of drug-likeness (QED) is 0.758. The molecule has 1 N–H and O–H groups in total. The highest BCUT2D eigenvalue weighted by atomic mass is 32.2.